The summed E-state index contributed by atoms with van der Waals surface area (Å²) in [4.78, 5) is 22.3. The minimum absolute atomic E-state index is 0.207. The summed E-state index contributed by atoms with van der Waals surface area (Å²) < 4.78 is 5.70. The Labute approximate surface area is 172 Å². The monoisotopic (exact) mass is 395 g/mol. The Bertz CT molecular complexity index is 835. The Morgan fingerprint density at radius 3 is 2.69 bits per heavy atom. The fraction of sp³-hybridized carbons (Fsp3) is 0.409. The van der Waals surface area contributed by atoms with Crippen LogP contribution < -0.4 is 20.3 Å². The van der Waals surface area contributed by atoms with Gasteiger partial charge in [-0.1, -0.05) is 25.1 Å². The first kappa shape index (κ1) is 20.6. The summed E-state index contributed by atoms with van der Waals surface area (Å²) in [5.74, 6) is 1.57. The zero-order valence-corrected chi connectivity index (χ0v) is 17.1. The van der Waals surface area contributed by atoms with Crippen molar-refractivity contribution < 1.29 is 9.53 Å². The summed E-state index contributed by atoms with van der Waals surface area (Å²) in [5, 5.41) is 6.61. The van der Waals surface area contributed by atoms with E-state index < -0.39 is 0 Å². The van der Waals surface area contributed by atoms with Crippen molar-refractivity contribution in [2.24, 2.45) is 4.99 Å². The van der Waals surface area contributed by atoms with E-state index in [-0.39, 0.29) is 5.91 Å². The SMILES string of the molecule is CCCOc1ncccc1CNC(=NC)NCc1ccc(N2CCCC2=O)cc1. The standard InChI is InChI=1S/C22H29N5O2/c1-3-14-29-21-18(6-4-12-24-21)16-26-22(23-2)25-15-17-8-10-19(11-9-17)27-13-5-7-20(27)28/h4,6,8-12H,3,5,7,13-16H2,1-2H3,(H2,23,25,26). The average Bonchev–Trinajstić information content (AvgIpc) is 3.19. The van der Waals surface area contributed by atoms with Gasteiger partial charge in [-0.2, -0.15) is 0 Å². The Kier molecular flexibility index (Phi) is 7.44. The first-order valence-electron chi connectivity index (χ1n) is 10.1. The number of anilines is 1. The van der Waals surface area contributed by atoms with Gasteiger partial charge < -0.3 is 20.3 Å². The van der Waals surface area contributed by atoms with Crippen molar-refractivity contribution in [3.8, 4) is 5.88 Å². The summed E-state index contributed by atoms with van der Waals surface area (Å²) >= 11 is 0. The number of hydrogen-bond acceptors (Lipinski definition) is 4. The van der Waals surface area contributed by atoms with Crippen LogP contribution in [0.25, 0.3) is 0 Å². The molecule has 2 N–H and O–H groups in total. The number of nitrogens with one attached hydrogen (secondary N) is 2. The summed E-state index contributed by atoms with van der Waals surface area (Å²) in [6, 6.07) is 12.0. The third-order valence-electron chi connectivity index (χ3n) is 4.74. The van der Waals surface area contributed by atoms with Gasteiger partial charge in [0.25, 0.3) is 0 Å². The predicted octanol–water partition coefficient (Wildman–Crippen LogP) is 2.86. The molecule has 0 unspecified atom stereocenters. The maximum Gasteiger partial charge on any atom is 0.227 e. The van der Waals surface area contributed by atoms with Crippen molar-refractivity contribution in [2.45, 2.75) is 39.3 Å². The molecule has 1 aliphatic heterocycles. The van der Waals surface area contributed by atoms with Gasteiger partial charge in [0.2, 0.25) is 11.8 Å². The van der Waals surface area contributed by atoms with E-state index in [4.69, 9.17) is 4.74 Å². The first-order valence-corrected chi connectivity index (χ1v) is 10.1. The van der Waals surface area contributed by atoms with Gasteiger partial charge in [0.05, 0.1) is 6.61 Å². The van der Waals surface area contributed by atoms with E-state index in [1.807, 2.05) is 41.3 Å². The van der Waals surface area contributed by atoms with Gasteiger partial charge in [-0.05, 0) is 36.6 Å². The van der Waals surface area contributed by atoms with E-state index in [0.717, 1.165) is 36.2 Å². The molecule has 1 aromatic carbocycles. The third kappa shape index (κ3) is 5.70. The van der Waals surface area contributed by atoms with Crippen LogP contribution in [-0.2, 0) is 17.9 Å². The molecular formula is C22H29N5O2. The topological polar surface area (TPSA) is 78.8 Å². The lowest BCUT2D eigenvalue weighted by molar-refractivity contribution is -0.117. The van der Waals surface area contributed by atoms with Gasteiger partial charge in [0, 0.05) is 50.6 Å². The Morgan fingerprint density at radius 1 is 1.21 bits per heavy atom. The van der Waals surface area contributed by atoms with Crippen LogP contribution in [0, 0.1) is 0 Å². The molecular weight excluding hydrogens is 366 g/mol. The number of guanidine groups is 1. The van der Waals surface area contributed by atoms with Gasteiger partial charge in [-0.25, -0.2) is 4.98 Å². The Balaban J connectivity index is 1.51. The maximum atomic E-state index is 11.9. The number of pyridine rings is 1. The average molecular weight is 396 g/mol. The largest absolute Gasteiger partial charge is 0.477 e. The van der Waals surface area contributed by atoms with E-state index in [9.17, 15) is 4.79 Å². The zero-order valence-electron chi connectivity index (χ0n) is 17.1. The number of benzene rings is 1. The molecule has 0 bridgehead atoms. The minimum atomic E-state index is 0.207. The van der Waals surface area contributed by atoms with Crippen molar-refractivity contribution in [2.75, 3.05) is 25.1 Å². The first-order chi connectivity index (χ1) is 14.2. The number of rotatable bonds is 8. The molecule has 0 atom stereocenters. The molecule has 7 nitrogen and oxygen atoms in total. The van der Waals surface area contributed by atoms with Crippen molar-refractivity contribution in [3.05, 3.63) is 53.7 Å². The van der Waals surface area contributed by atoms with Crippen LogP contribution in [0.1, 0.15) is 37.3 Å². The highest BCUT2D eigenvalue weighted by atomic mass is 16.5. The zero-order chi connectivity index (χ0) is 20.5. The van der Waals surface area contributed by atoms with Crippen LogP contribution in [0.3, 0.4) is 0 Å². The van der Waals surface area contributed by atoms with E-state index in [0.29, 0.717) is 38.0 Å². The molecule has 29 heavy (non-hydrogen) atoms. The molecule has 154 valence electrons. The number of nitrogens with zero attached hydrogens (tertiary/aromatic N) is 3. The van der Waals surface area contributed by atoms with E-state index in [2.05, 4.69) is 27.5 Å². The predicted molar refractivity (Wildman–Crippen MR) is 115 cm³/mol. The number of carbonyl (C=O) groups excluding carboxylic acids is 1. The molecule has 1 aromatic heterocycles. The highest BCUT2D eigenvalue weighted by molar-refractivity contribution is 5.95. The normalized spacial score (nSPS) is 14.2. The fourth-order valence-electron chi connectivity index (χ4n) is 3.19. The summed E-state index contributed by atoms with van der Waals surface area (Å²) in [6.07, 6.45) is 4.26. The highest BCUT2D eigenvalue weighted by Gasteiger charge is 2.21. The minimum Gasteiger partial charge on any atom is -0.477 e. The lowest BCUT2D eigenvalue weighted by Crippen LogP contribution is -2.36. The van der Waals surface area contributed by atoms with Crippen molar-refractivity contribution >= 4 is 17.6 Å². The van der Waals surface area contributed by atoms with Crippen LogP contribution >= 0.6 is 0 Å². The van der Waals surface area contributed by atoms with Crippen LogP contribution in [0.5, 0.6) is 5.88 Å². The highest BCUT2D eigenvalue weighted by Crippen LogP contribution is 2.21. The second-order valence-corrected chi connectivity index (χ2v) is 6.91. The fourth-order valence-corrected chi connectivity index (χ4v) is 3.19. The smallest absolute Gasteiger partial charge is 0.227 e. The maximum absolute atomic E-state index is 11.9. The lowest BCUT2D eigenvalue weighted by Gasteiger charge is -2.17. The van der Waals surface area contributed by atoms with Crippen molar-refractivity contribution in [3.63, 3.8) is 0 Å². The summed E-state index contributed by atoms with van der Waals surface area (Å²) in [7, 11) is 1.75. The summed E-state index contributed by atoms with van der Waals surface area (Å²) in [6.45, 7) is 4.74. The number of aliphatic imine (C=N–C) groups is 1. The molecule has 0 saturated carbocycles. The van der Waals surface area contributed by atoms with Gasteiger partial charge in [0.1, 0.15) is 0 Å². The van der Waals surface area contributed by atoms with Gasteiger partial charge >= 0.3 is 0 Å². The van der Waals surface area contributed by atoms with E-state index >= 15 is 0 Å². The summed E-state index contributed by atoms with van der Waals surface area (Å²) in [5.41, 5.74) is 3.08. The number of hydrogen-bond donors (Lipinski definition) is 2. The van der Waals surface area contributed by atoms with Gasteiger partial charge in [0.15, 0.2) is 5.96 Å². The van der Waals surface area contributed by atoms with Crippen LogP contribution in [0.4, 0.5) is 5.69 Å². The molecule has 1 fully saturated rings. The molecule has 0 spiro atoms. The third-order valence-corrected chi connectivity index (χ3v) is 4.74. The molecule has 1 aliphatic rings. The van der Waals surface area contributed by atoms with E-state index in [1.54, 1.807) is 13.2 Å². The second kappa shape index (κ2) is 10.5. The molecule has 2 heterocycles. The molecule has 3 rings (SSSR count). The molecule has 0 radical (unpaired) electrons. The number of ether oxygens (including phenoxy) is 1. The van der Waals surface area contributed by atoms with Crippen LogP contribution in [0.15, 0.2) is 47.6 Å². The molecule has 0 aliphatic carbocycles. The van der Waals surface area contributed by atoms with Crippen molar-refractivity contribution in [1.29, 1.82) is 0 Å². The number of aromatic nitrogens is 1. The second-order valence-electron chi connectivity index (χ2n) is 6.91. The Morgan fingerprint density at radius 2 is 2.00 bits per heavy atom. The molecule has 2 aromatic rings. The lowest BCUT2D eigenvalue weighted by atomic mass is 10.2. The number of carbonyl (C=O) groups is 1. The number of amides is 1. The molecule has 1 saturated heterocycles. The molecule has 7 heteroatoms. The molecule has 1 amide bonds. The van der Waals surface area contributed by atoms with Crippen LogP contribution in [-0.4, -0.2) is 37.1 Å². The van der Waals surface area contributed by atoms with Crippen molar-refractivity contribution in [1.82, 2.24) is 15.6 Å². The van der Waals surface area contributed by atoms with E-state index in [1.165, 1.54) is 0 Å². The van der Waals surface area contributed by atoms with Gasteiger partial charge in [-0.15, -0.1) is 0 Å². The van der Waals surface area contributed by atoms with Crippen LogP contribution in [0.2, 0.25) is 0 Å². The quantitative estimate of drug-likeness (QED) is 0.531. The Hall–Kier alpha value is -3.09. The van der Waals surface area contributed by atoms with Gasteiger partial charge in [-0.3, -0.25) is 9.79 Å².